The number of Topliss-reactive ketones (excluding diaryl/α,β-unsaturated/α-hetero) is 1. The summed E-state index contributed by atoms with van der Waals surface area (Å²) in [5.74, 6) is 16.6. The number of amides is 6. The Hall–Kier alpha value is -10.4. The van der Waals surface area contributed by atoms with Crippen molar-refractivity contribution in [3.63, 3.8) is 0 Å². The van der Waals surface area contributed by atoms with E-state index in [2.05, 4.69) is 108 Å². The van der Waals surface area contributed by atoms with Crippen LogP contribution in [0.3, 0.4) is 0 Å². The Morgan fingerprint density at radius 1 is 0.434 bits per heavy atom. The smallest absolute Gasteiger partial charge is 0.335 e. The molecule has 7 aliphatic heterocycles. The fourth-order valence-corrected chi connectivity index (χ4v) is 11.6. The molecule has 13 rings (SSSR count). The number of aliphatic hydroxyl groups excluding tert-OH is 1. The van der Waals surface area contributed by atoms with E-state index in [-0.39, 0.29) is 97.3 Å². The van der Waals surface area contributed by atoms with Crippen molar-refractivity contribution >= 4 is 47.2 Å². The molecule has 7 aliphatic rings. The molecule has 0 spiro atoms. The topological polar surface area (TPSA) is 336 Å². The number of carbonyl (C=O) groups excluding carboxylic acids is 7. The number of nitrogens with two attached hydrogens (primary N) is 1. The quantitative estimate of drug-likeness (QED) is 0.0469. The number of hydroxylamine groups is 4. The molecule has 3 unspecified atom stereocenters. The van der Waals surface area contributed by atoms with Gasteiger partial charge in [0.2, 0.25) is 23.6 Å². The van der Waals surface area contributed by atoms with Crippen molar-refractivity contribution in [3.05, 3.63) is 212 Å². The highest BCUT2D eigenvalue weighted by molar-refractivity contribution is 6.00. The molecule has 0 aromatic heterocycles. The summed E-state index contributed by atoms with van der Waals surface area (Å²) in [5, 5.41) is 46.9. The monoisotopic (exact) mass is 1450 g/mol. The van der Waals surface area contributed by atoms with Gasteiger partial charge in [-0.1, -0.05) is 71.9 Å². The van der Waals surface area contributed by atoms with Gasteiger partial charge in [-0.05, 0) is 145 Å². The lowest BCUT2D eigenvalue weighted by atomic mass is 10.0. The highest BCUT2D eigenvalue weighted by atomic mass is 16.5. The number of aliphatic hydroxyl groups is 1. The molecule has 7 saturated heterocycles. The molecule has 558 valence electrons. The zero-order valence-corrected chi connectivity index (χ0v) is 59.8. The summed E-state index contributed by atoms with van der Waals surface area (Å²) in [4.78, 5) is 97.2. The first-order valence-electron chi connectivity index (χ1n) is 35.5. The second-order valence-electron chi connectivity index (χ2n) is 25.8. The largest absolute Gasteiger partial charge is 0.478 e. The number of nitrogens with zero attached hydrogens (tertiary/aromatic N) is 5. The summed E-state index contributed by atoms with van der Waals surface area (Å²) in [5.41, 5.74) is 15.8. The Labute approximate surface area is 618 Å². The fraction of sp³-hybridized carbons (Fsp3) is 0.383. The van der Waals surface area contributed by atoms with E-state index < -0.39 is 5.97 Å². The molecule has 7 fully saturated rings. The van der Waals surface area contributed by atoms with Gasteiger partial charge in [-0.15, -0.1) is 0 Å². The molecule has 0 aliphatic carbocycles. The number of morpholine rings is 3. The normalized spacial score (nSPS) is 18.8. The third-order valence-corrected chi connectivity index (χ3v) is 17.7. The zero-order valence-electron chi connectivity index (χ0n) is 59.8. The van der Waals surface area contributed by atoms with Gasteiger partial charge in [0.15, 0.2) is 0 Å². The van der Waals surface area contributed by atoms with Crippen molar-refractivity contribution < 1.29 is 73.2 Å². The highest BCUT2D eigenvalue weighted by Crippen LogP contribution is 2.17. The van der Waals surface area contributed by atoms with Crippen molar-refractivity contribution in [2.24, 2.45) is 5.73 Å². The predicted molar refractivity (Wildman–Crippen MR) is 395 cm³/mol. The van der Waals surface area contributed by atoms with Gasteiger partial charge in [-0.2, -0.15) is 0 Å². The second-order valence-corrected chi connectivity index (χ2v) is 25.8. The minimum atomic E-state index is -0.926. The Morgan fingerprint density at radius 2 is 0.745 bits per heavy atom. The summed E-state index contributed by atoms with van der Waals surface area (Å²) in [7, 11) is 1.00. The first-order chi connectivity index (χ1) is 51.4. The number of carboxylic acid groups (broad SMARTS) is 1. The van der Waals surface area contributed by atoms with Crippen molar-refractivity contribution in [3.8, 4) is 35.5 Å². The standard InChI is InChI=1S/2C25H27N3O4.C20H19NO3.C5H10N2O.C5H7NO2.CH4O/c2*29-24-17-23(11-12-28(24)31)26-25(30)22-9-7-20(8-10-22)2-1-19-3-5-21(6-4-19)18-27-13-15-32-16-14-27;22-20(23)19-9-7-17(8-10-19)2-1-16-3-5-18(6-4-16)15-21-11-13-24-14-12-21;6-4-1-2-7-5(8)3-4;7-4-1-2-6-5(8)3-4;1-2/h2*3-10,23,31H,11-18H2,(H,26,30);3-10H,11-15H2,(H,22,23);4H,1-3,6H2,(H,7,8);1-3H2,(H,6,8);2H,1H3. The third kappa shape index (κ3) is 28.9. The maximum Gasteiger partial charge on any atom is 0.335 e. The lowest BCUT2D eigenvalue weighted by Crippen LogP contribution is -2.46. The van der Waals surface area contributed by atoms with Crippen LogP contribution in [0.5, 0.6) is 0 Å². The van der Waals surface area contributed by atoms with Crippen LogP contribution in [0.2, 0.25) is 0 Å². The van der Waals surface area contributed by atoms with Crippen LogP contribution < -0.4 is 27.0 Å². The number of ether oxygens (including phenoxy) is 3. The van der Waals surface area contributed by atoms with Crippen molar-refractivity contribution in [1.29, 1.82) is 0 Å². The van der Waals surface area contributed by atoms with E-state index in [1.165, 1.54) is 16.7 Å². The molecule has 0 radical (unpaired) electrons. The molecule has 3 atom stereocenters. The van der Waals surface area contributed by atoms with Gasteiger partial charge in [-0.3, -0.25) is 58.7 Å². The zero-order chi connectivity index (χ0) is 75.4. The van der Waals surface area contributed by atoms with Crippen LogP contribution in [0.1, 0.15) is 133 Å². The van der Waals surface area contributed by atoms with Crippen LogP contribution in [-0.2, 0) is 57.8 Å². The summed E-state index contributed by atoms with van der Waals surface area (Å²) >= 11 is 0. The average molecular weight is 1450 g/mol. The number of carbonyl (C=O) groups is 8. The van der Waals surface area contributed by atoms with Crippen LogP contribution in [0.15, 0.2) is 146 Å². The van der Waals surface area contributed by atoms with Crippen molar-refractivity contribution in [2.45, 2.75) is 89.1 Å². The summed E-state index contributed by atoms with van der Waals surface area (Å²) in [6, 6.07) is 45.2. The number of piperidine rings is 4. The van der Waals surface area contributed by atoms with Gasteiger partial charge in [0.05, 0.1) is 64.7 Å². The Kier molecular flexibility index (Phi) is 33.5. The van der Waals surface area contributed by atoms with Gasteiger partial charge in [0, 0.05) is 167 Å². The summed E-state index contributed by atoms with van der Waals surface area (Å²) < 4.78 is 16.1. The lowest BCUT2D eigenvalue weighted by Gasteiger charge is -2.27. The average Bonchev–Trinajstić information content (AvgIpc) is 0.860. The van der Waals surface area contributed by atoms with E-state index in [1.54, 1.807) is 48.5 Å². The van der Waals surface area contributed by atoms with Gasteiger partial charge >= 0.3 is 5.97 Å². The fourth-order valence-electron chi connectivity index (χ4n) is 11.6. The second kappa shape index (κ2) is 43.7. The maximum atomic E-state index is 12.4. The number of benzene rings is 6. The van der Waals surface area contributed by atoms with Gasteiger partial charge in [-0.25, -0.2) is 14.9 Å². The molecule has 25 nitrogen and oxygen atoms in total. The number of nitrogens with one attached hydrogen (secondary N) is 4. The van der Waals surface area contributed by atoms with Crippen LogP contribution in [0, 0.1) is 35.5 Å². The SMILES string of the molecule is CO.NC1CCNC(=O)C1.O=C(NC1CCN(O)C(=O)C1)c1ccc(C#Cc2ccc(CN3CCOCC3)cc2)cc1.O=C(NC1CCN(O)C(=O)C1)c1ccc(C#Cc2ccc(CN3CCOCC3)cc2)cc1.O=C(O)c1ccc(C#Cc2ccc(CN3CCOCC3)cc2)cc1.O=C1CCNC(=O)C1. The molecule has 7 heterocycles. The van der Waals surface area contributed by atoms with E-state index in [1.807, 2.05) is 60.7 Å². The minimum absolute atomic E-state index is 0.0498. The van der Waals surface area contributed by atoms with Crippen molar-refractivity contribution in [1.82, 2.24) is 46.1 Å². The van der Waals surface area contributed by atoms with E-state index >= 15 is 0 Å². The minimum Gasteiger partial charge on any atom is -0.478 e. The van der Waals surface area contributed by atoms with Gasteiger partial charge in [0.25, 0.3) is 11.8 Å². The molecular formula is C81H94N10O15. The molecular weight excluding hydrogens is 1350 g/mol. The van der Waals surface area contributed by atoms with Gasteiger partial charge in [0.1, 0.15) is 5.78 Å². The molecule has 6 amide bonds. The molecule has 106 heavy (non-hydrogen) atoms. The van der Waals surface area contributed by atoms with Crippen molar-refractivity contribution in [2.75, 3.05) is 112 Å². The number of carboxylic acids is 1. The molecule has 10 N–H and O–H groups in total. The van der Waals surface area contributed by atoms with Crippen LogP contribution in [-0.4, -0.2) is 223 Å². The molecule has 0 saturated carbocycles. The molecule has 25 heteroatoms. The lowest BCUT2D eigenvalue weighted by molar-refractivity contribution is -0.171. The van der Waals surface area contributed by atoms with E-state index in [9.17, 15) is 48.8 Å². The molecule has 0 bridgehead atoms. The summed E-state index contributed by atoms with van der Waals surface area (Å²) in [6.45, 7) is 15.2. The Bertz CT molecular complexity index is 3870. The van der Waals surface area contributed by atoms with E-state index in [4.69, 9.17) is 30.2 Å². The van der Waals surface area contributed by atoms with Gasteiger partial charge < -0.3 is 51.4 Å². The third-order valence-electron chi connectivity index (χ3n) is 17.7. The highest BCUT2D eigenvalue weighted by Gasteiger charge is 2.28. The summed E-state index contributed by atoms with van der Waals surface area (Å²) in [6.07, 6.45) is 3.29. The number of rotatable bonds is 11. The van der Waals surface area contributed by atoms with Crippen LogP contribution in [0.4, 0.5) is 0 Å². The Morgan fingerprint density at radius 3 is 1.01 bits per heavy atom. The first-order valence-corrected chi connectivity index (χ1v) is 35.5. The number of hydrogen-bond donors (Lipinski definition) is 9. The number of ketones is 1. The van der Waals surface area contributed by atoms with E-state index in [0.717, 1.165) is 152 Å². The predicted octanol–water partition coefficient (Wildman–Crippen LogP) is 4.97. The first kappa shape index (κ1) is 81.2. The van der Waals surface area contributed by atoms with Crippen LogP contribution in [0.25, 0.3) is 0 Å². The number of hydrogen-bond acceptors (Lipinski definition) is 18. The molecule has 6 aromatic rings. The maximum absolute atomic E-state index is 12.4. The molecule has 6 aromatic carbocycles. The number of aromatic carboxylic acids is 1. The Balaban J connectivity index is 0.000000180. The van der Waals surface area contributed by atoms with E-state index in [0.29, 0.717) is 53.5 Å². The van der Waals surface area contributed by atoms with Crippen LogP contribution >= 0.6 is 0 Å².